The Kier molecular flexibility index (Phi) is 6.30. The third-order valence-electron chi connectivity index (χ3n) is 4.22. The maximum atomic E-state index is 12.8. The highest BCUT2D eigenvalue weighted by atomic mass is 32.1. The molecule has 0 aliphatic carbocycles. The molecular weight excluding hydrogens is 370 g/mol. The molecule has 9 nitrogen and oxygen atoms in total. The van der Waals surface area contributed by atoms with Crippen molar-refractivity contribution >= 4 is 33.8 Å². The molecule has 1 saturated heterocycles. The van der Waals surface area contributed by atoms with Crippen LogP contribution in [0.4, 0.5) is 16.5 Å². The van der Waals surface area contributed by atoms with E-state index in [9.17, 15) is 14.9 Å². The average molecular weight is 391 g/mol. The number of unbranched alkanes of at least 4 members (excludes halogenated alkanes) is 1. The van der Waals surface area contributed by atoms with Crippen molar-refractivity contribution in [1.29, 1.82) is 0 Å². The van der Waals surface area contributed by atoms with Gasteiger partial charge in [-0.15, -0.1) is 10.2 Å². The Morgan fingerprint density at radius 2 is 2.15 bits per heavy atom. The van der Waals surface area contributed by atoms with Gasteiger partial charge in [-0.1, -0.05) is 24.7 Å². The molecule has 1 aliphatic heterocycles. The second-order valence-electron chi connectivity index (χ2n) is 6.12. The van der Waals surface area contributed by atoms with Gasteiger partial charge in [-0.05, 0) is 12.5 Å². The van der Waals surface area contributed by atoms with Crippen LogP contribution in [0.15, 0.2) is 18.2 Å². The van der Waals surface area contributed by atoms with Crippen LogP contribution in [0.2, 0.25) is 0 Å². The molecule has 10 heteroatoms. The van der Waals surface area contributed by atoms with E-state index < -0.39 is 10.8 Å². The summed E-state index contributed by atoms with van der Waals surface area (Å²) in [6.07, 6.45) is 2.88. The highest BCUT2D eigenvalue weighted by Crippen LogP contribution is 2.28. The normalized spacial score (nSPS) is 14.2. The maximum absolute atomic E-state index is 12.8. The van der Waals surface area contributed by atoms with E-state index >= 15 is 0 Å². The van der Waals surface area contributed by atoms with Gasteiger partial charge in [0.2, 0.25) is 5.13 Å². The Morgan fingerprint density at radius 3 is 2.85 bits per heavy atom. The van der Waals surface area contributed by atoms with E-state index in [4.69, 9.17) is 4.74 Å². The Balaban J connectivity index is 1.83. The summed E-state index contributed by atoms with van der Waals surface area (Å²) >= 11 is 1.33. The van der Waals surface area contributed by atoms with Gasteiger partial charge in [0.05, 0.1) is 29.4 Å². The summed E-state index contributed by atoms with van der Waals surface area (Å²) in [5.41, 5.74) is 0.770. The summed E-state index contributed by atoms with van der Waals surface area (Å²) in [5.74, 6) is -0.432. The number of nitro groups is 1. The lowest BCUT2D eigenvalue weighted by molar-refractivity contribution is -0.384. The number of nitro benzene ring substituents is 1. The smallest absolute Gasteiger partial charge is 0.270 e. The van der Waals surface area contributed by atoms with E-state index in [2.05, 4.69) is 22.4 Å². The van der Waals surface area contributed by atoms with Gasteiger partial charge >= 0.3 is 0 Å². The molecule has 2 heterocycles. The molecular formula is C17H21N5O4S. The molecule has 1 aliphatic rings. The molecule has 27 heavy (non-hydrogen) atoms. The molecule has 0 unspecified atom stereocenters. The Bertz CT molecular complexity index is 819. The van der Waals surface area contributed by atoms with Gasteiger partial charge in [0.25, 0.3) is 11.6 Å². The molecule has 2 aromatic rings. The zero-order valence-corrected chi connectivity index (χ0v) is 15.8. The molecule has 1 aromatic carbocycles. The van der Waals surface area contributed by atoms with Crippen LogP contribution in [0.5, 0.6) is 0 Å². The van der Waals surface area contributed by atoms with Crippen LogP contribution in [0.25, 0.3) is 0 Å². The number of hydrogen-bond acceptors (Lipinski definition) is 8. The third-order valence-corrected chi connectivity index (χ3v) is 5.12. The quantitative estimate of drug-likeness (QED) is 0.571. The SMILES string of the molecule is CCCCc1nnc(NC(=O)c2cc([N+](=O)[O-])ccc2N2CCOCC2)s1. The monoisotopic (exact) mass is 391 g/mol. The lowest BCUT2D eigenvalue weighted by Crippen LogP contribution is -2.37. The predicted octanol–water partition coefficient (Wildman–Crippen LogP) is 2.88. The second kappa shape index (κ2) is 8.87. The van der Waals surface area contributed by atoms with Crippen LogP contribution in [0.1, 0.15) is 35.1 Å². The van der Waals surface area contributed by atoms with Crippen molar-refractivity contribution in [2.75, 3.05) is 36.5 Å². The lowest BCUT2D eigenvalue weighted by Gasteiger charge is -2.30. The van der Waals surface area contributed by atoms with Gasteiger partial charge in [-0.3, -0.25) is 20.2 Å². The van der Waals surface area contributed by atoms with Crippen LogP contribution < -0.4 is 10.2 Å². The number of carbonyl (C=O) groups is 1. The van der Waals surface area contributed by atoms with Gasteiger partial charge < -0.3 is 9.64 Å². The molecule has 0 atom stereocenters. The fraction of sp³-hybridized carbons (Fsp3) is 0.471. The summed E-state index contributed by atoms with van der Waals surface area (Å²) in [5, 5.41) is 23.2. The molecule has 0 spiro atoms. The number of rotatable bonds is 7. The van der Waals surface area contributed by atoms with Crippen molar-refractivity contribution in [3.63, 3.8) is 0 Å². The van der Waals surface area contributed by atoms with Gasteiger partial charge in [0, 0.05) is 31.6 Å². The van der Waals surface area contributed by atoms with Gasteiger partial charge in [0.1, 0.15) is 5.01 Å². The molecule has 3 rings (SSSR count). The molecule has 0 saturated carbocycles. The Morgan fingerprint density at radius 1 is 1.37 bits per heavy atom. The lowest BCUT2D eigenvalue weighted by atomic mass is 10.1. The number of hydrogen-bond donors (Lipinski definition) is 1. The highest BCUT2D eigenvalue weighted by molar-refractivity contribution is 7.15. The van der Waals surface area contributed by atoms with Crippen LogP contribution in [0, 0.1) is 10.1 Å². The molecule has 1 aromatic heterocycles. The molecule has 1 fully saturated rings. The van der Waals surface area contributed by atoms with Crippen LogP contribution in [-0.2, 0) is 11.2 Å². The number of carbonyl (C=O) groups excluding carboxylic acids is 1. The second-order valence-corrected chi connectivity index (χ2v) is 7.18. The van der Waals surface area contributed by atoms with Crippen LogP contribution in [-0.4, -0.2) is 47.3 Å². The number of morpholine rings is 1. The first kappa shape index (κ1) is 19.2. The van der Waals surface area contributed by atoms with Crippen molar-refractivity contribution in [3.8, 4) is 0 Å². The number of aryl methyl sites for hydroxylation is 1. The molecule has 0 radical (unpaired) electrons. The number of benzene rings is 1. The van der Waals surface area contributed by atoms with E-state index in [0.717, 1.165) is 24.3 Å². The molecule has 144 valence electrons. The Hall–Kier alpha value is -2.59. The molecule has 0 bridgehead atoms. The fourth-order valence-electron chi connectivity index (χ4n) is 2.80. The summed E-state index contributed by atoms with van der Waals surface area (Å²) in [4.78, 5) is 25.5. The number of nitrogens with zero attached hydrogens (tertiary/aromatic N) is 4. The summed E-state index contributed by atoms with van der Waals surface area (Å²) in [6.45, 7) is 4.44. The fourth-order valence-corrected chi connectivity index (χ4v) is 3.57. The maximum Gasteiger partial charge on any atom is 0.270 e. The first-order chi connectivity index (χ1) is 13.1. The Labute approximate surface area is 160 Å². The van der Waals surface area contributed by atoms with Crippen molar-refractivity contribution in [2.24, 2.45) is 0 Å². The van der Waals surface area contributed by atoms with E-state index in [1.807, 2.05) is 4.90 Å². The number of non-ortho nitro benzene ring substituents is 1. The standard InChI is InChI=1S/C17H21N5O4S/c1-2-3-4-15-19-20-17(27-15)18-16(23)13-11-12(22(24)25)5-6-14(13)21-7-9-26-10-8-21/h5-6,11H,2-4,7-10H2,1H3,(H,18,20,23). The van der Waals surface area contributed by atoms with Gasteiger partial charge in [-0.2, -0.15) is 0 Å². The highest BCUT2D eigenvalue weighted by Gasteiger charge is 2.23. The zero-order chi connectivity index (χ0) is 19.2. The topological polar surface area (TPSA) is 110 Å². The molecule has 1 N–H and O–H groups in total. The minimum atomic E-state index is -0.506. The van der Waals surface area contributed by atoms with E-state index in [1.165, 1.54) is 23.5 Å². The number of amides is 1. The van der Waals surface area contributed by atoms with Crippen molar-refractivity contribution in [1.82, 2.24) is 10.2 Å². The van der Waals surface area contributed by atoms with E-state index in [0.29, 0.717) is 37.1 Å². The van der Waals surface area contributed by atoms with E-state index in [-0.39, 0.29) is 11.3 Å². The minimum Gasteiger partial charge on any atom is -0.378 e. The largest absolute Gasteiger partial charge is 0.378 e. The minimum absolute atomic E-state index is 0.127. The molecule has 1 amide bonds. The number of ether oxygens (including phenoxy) is 1. The van der Waals surface area contributed by atoms with Gasteiger partial charge in [0.15, 0.2) is 0 Å². The van der Waals surface area contributed by atoms with Crippen molar-refractivity contribution in [2.45, 2.75) is 26.2 Å². The predicted molar refractivity (Wildman–Crippen MR) is 103 cm³/mol. The number of aromatic nitrogens is 2. The van der Waals surface area contributed by atoms with Crippen molar-refractivity contribution in [3.05, 3.63) is 38.9 Å². The van der Waals surface area contributed by atoms with Crippen molar-refractivity contribution < 1.29 is 14.5 Å². The number of anilines is 2. The van der Waals surface area contributed by atoms with Crippen LogP contribution >= 0.6 is 11.3 Å². The number of nitrogens with one attached hydrogen (secondary N) is 1. The average Bonchev–Trinajstić information content (AvgIpc) is 3.13. The third kappa shape index (κ3) is 4.77. The van der Waals surface area contributed by atoms with Gasteiger partial charge in [-0.25, -0.2) is 0 Å². The van der Waals surface area contributed by atoms with Crippen LogP contribution in [0.3, 0.4) is 0 Å². The first-order valence-corrected chi connectivity index (χ1v) is 9.65. The van der Waals surface area contributed by atoms with E-state index in [1.54, 1.807) is 6.07 Å². The summed E-state index contributed by atoms with van der Waals surface area (Å²) in [7, 11) is 0. The summed E-state index contributed by atoms with van der Waals surface area (Å²) in [6, 6.07) is 4.33. The summed E-state index contributed by atoms with van der Waals surface area (Å²) < 4.78 is 5.35. The first-order valence-electron chi connectivity index (χ1n) is 8.83. The zero-order valence-electron chi connectivity index (χ0n) is 15.0.